The van der Waals surface area contributed by atoms with Crippen LogP contribution in [0.5, 0.6) is 0 Å². The van der Waals surface area contributed by atoms with Crippen LogP contribution in [0.2, 0.25) is 0 Å². The van der Waals surface area contributed by atoms with E-state index in [0.717, 1.165) is 11.8 Å². The van der Waals surface area contributed by atoms with Crippen LogP contribution >= 0.6 is 0 Å². The molecule has 0 bridgehead atoms. The number of sulfonamides is 1. The van der Waals surface area contributed by atoms with Gasteiger partial charge in [0.25, 0.3) is 0 Å². The van der Waals surface area contributed by atoms with Crippen LogP contribution < -0.4 is 10.6 Å². The zero-order valence-electron chi connectivity index (χ0n) is 23.0. The van der Waals surface area contributed by atoms with Crippen molar-refractivity contribution in [2.24, 2.45) is 11.3 Å². The van der Waals surface area contributed by atoms with Crippen molar-refractivity contribution in [3.05, 3.63) is 35.9 Å². The van der Waals surface area contributed by atoms with Gasteiger partial charge < -0.3 is 20.6 Å². The van der Waals surface area contributed by atoms with E-state index in [0.29, 0.717) is 13.0 Å². The highest BCUT2D eigenvalue weighted by molar-refractivity contribution is 7.88. The molecule has 2 amide bonds. The average molecular weight is 527 g/mol. The number of nitrogens with one attached hydrogen (secondary N) is 2. The molecule has 1 aromatic carbocycles. The molecule has 0 aliphatic heterocycles. The van der Waals surface area contributed by atoms with Gasteiger partial charge in [0.1, 0.15) is 5.72 Å². The maximum absolute atomic E-state index is 12.7. The molecule has 0 aliphatic carbocycles. The maximum atomic E-state index is 12.7. The van der Waals surface area contributed by atoms with Gasteiger partial charge in [-0.15, -0.1) is 0 Å². The van der Waals surface area contributed by atoms with Crippen LogP contribution in [0.25, 0.3) is 0 Å². The van der Waals surface area contributed by atoms with Crippen molar-refractivity contribution in [1.82, 2.24) is 19.8 Å². The summed E-state index contributed by atoms with van der Waals surface area (Å²) < 4.78 is 26.6. The molecule has 206 valence electrons. The minimum absolute atomic E-state index is 0.0405. The Balaban J connectivity index is 2.88. The molecule has 36 heavy (non-hydrogen) atoms. The molecule has 1 atom stereocenters. The van der Waals surface area contributed by atoms with Crippen molar-refractivity contribution >= 4 is 21.8 Å². The first-order valence-corrected chi connectivity index (χ1v) is 14.3. The number of amides is 2. The third-order valence-corrected chi connectivity index (χ3v) is 7.14. The molecule has 0 fully saturated rings. The third kappa shape index (κ3) is 12.3. The quantitative estimate of drug-likeness (QED) is 0.283. The number of likely N-dealkylation sites (N-methyl/N-ethyl adjacent to an activating group) is 1. The van der Waals surface area contributed by atoms with Crippen LogP contribution in [-0.4, -0.2) is 86.8 Å². The zero-order chi connectivity index (χ0) is 27.6. The highest BCUT2D eigenvalue weighted by Crippen LogP contribution is 2.26. The van der Waals surface area contributed by atoms with Gasteiger partial charge in [-0.3, -0.25) is 9.59 Å². The Labute approximate surface area is 217 Å². The summed E-state index contributed by atoms with van der Waals surface area (Å²) in [6, 6.07) is 9.24. The molecule has 0 aromatic heterocycles. The molecule has 10 heteroatoms. The van der Waals surface area contributed by atoms with Crippen LogP contribution in [0.3, 0.4) is 0 Å². The number of nitrogens with zero attached hydrogens (tertiary/aromatic N) is 2. The first kappa shape index (κ1) is 32.0. The summed E-state index contributed by atoms with van der Waals surface area (Å²) in [5.41, 5.74) is -1.35. The summed E-state index contributed by atoms with van der Waals surface area (Å²) in [7, 11) is -0.0943. The molecule has 0 aliphatic rings. The second-order valence-electron chi connectivity index (χ2n) is 11.1. The molecule has 1 unspecified atom stereocenters. The fourth-order valence-corrected chi connectivity index (χ4v) is 5.14. The molecule has 3 N–H and O–H groups in total. The smallest absolute Gasteiger partial charge is 0.234 e. The molecule has 1 aromatic rings. The van der Waals surface area contributed by atoms with Crippen LogP contribution in [-0.2, 0) is 26.0 Å². The van der Waals surface area contributed by atoms with Gasteiger partial charge in [-0.05, 0) is 37.4 Å². The summed E-state index contributed by atoms with van der Waals surface area (Å²) in [4.78, 5) is 26.4. The average Bonchev–Trinajstić information content (AvgIpc) is 2.71. The van der Waals surface area contributed by atoms with E-state index in [-0.39, 0.29) is 56.6 Å². The van der Waals surface area contributed by atoms with Crippen molar-refractivity contribution in [3.8, 4) is 0 Å². The lowest BCUT2D eigenvalue weighted by molar-refractivity contribution is -0.125. The van der Waals surface area contributed by atoms with E-state index in [1.807, 2.05) is 72.1 Å². The van der Waals surface area contributed by atoms with E-state index in [9.17, 15) is 23.1 Å². The second kappa shape index (κ2) is 14.1. The zero-order valence-corrected chi connectivity index (χ0v) is 23.8. The van der Waals surface area contributed by atoms with E-state index in [1.54, 1.807) is 4.90 Å². The van der Waals surface area contributed by atoms with E-state index in [2.05, 4.69) is 10.6 Å². The Kier molecular flexibility index (Phi) is 12.5. The van der Waals surface area contributed by atoms with Crippen molar-refractivity contribution in [2.45, 2.75) is 59.1 Å². The van der Waals surface area contributed by atoms with Crippen LogP contribution in [0.15, 0.2) is 30.3 Å². The monoisotopic (exact) mass is 526 g/mol. The summed E-state index contributed by atoms with van der Waals surface area (Å²) in [6.45, 7) is 8.71. The number of hydrogen-bond acceptors (Lipinski definition) is 6. The lowest BCUT2D eigenvalue weighted by Gasteiger charge is -2.39. The number of rotatable bonds is 16. The normalized spacial score (nSPS) is 14.2. The summed E-state index contributed by atoms with van der Waals surface area (Å²) >= 11 is 0. The molecule has 0 heterocycles. The Morgan fingerprint density at radius 2 is 1.67 bits per heavy atom. The number of aliphatic hydroxyl groups is 1. The first-order valence-electron chi connectivity index (χ1n) is 12.5. The predicted octanol–water partition coefficient (Wildman–Crippen LogP) is 1.83. The number of carbonyl (C=O) groups is 2. The van der Waals surface area contributed by atoms with E-state index in [4.69, 9.17) is 0 Å². The number of benzene rings is 1. The SMILES string of the molecule is CC(C)CCN(C(O)(CCNC(=O)CC(C)(C)CNC(=O)CN(C)C)Cc1ccccc1)S(C)(=O)=O. The summed E-state index contributed by atoms with van der Waals surface area (Å²) in [5, 5.41) is 17.4. The first-order chi connectivity index (χ1) is 16.5. The molecule has 1 rings (SSSR count). The lowest BCUT2D eigenvalue weighted by atomic mass is 9.88. The van der Waals surface area contributed by atoms with Crippen molar-refractivity contribution in [3.63, 3.8) is 0 Å². The van der Waals surface area contributed by atoms with Crippen LogP contribution in [0.4, 0.5) is 0 Å². The van der Waals surface area contributed by atoms with Gasteiger partial charge in [-0.25, -0.2) is 8.42 Å². The van der Waals surface area contributed by atoms with Gasteiger partial charge in [0.05, 0.1) is 12.8 Å². The number of hydrogen-bond donors (Lipinski definition) is 3. The topological polar surface area (TPSA) is 119 Å². The van der Waals surface area contributed by atoms with Gasteiger partial charge >= 0.3 is 0 Å². The van der Waals surface area contributed by atoms with Gasteiger partial charge in [-0.1, -0.05) is 58.0 Å². The van der Waals surface area contributed by atoms with E-state index in [1.165, 1.54) is 4.31 Å². The molecule has 0 saturated carbocycles. The highest BCUT2D eigenvalue weighted by atomic mass is 32.2. The fourth-order valence-electron chi connectivity index (χ4n) is 3.92. The minimum atomic E-state index is -3.72. The molecule has 0 radical (unpaired) electrons. The van der Waals surface area contributed by atoms with Crippen molar-refractivity contribution < 1.29 is 23.1 Å². The Hall–Kier alpha value is -2.01. The molecule has 9 nitrogen and oxygen atoms in total. The second-order valence-corrected chi connectivity index (χ2v) is 13.0. The van der Waals surface area contributed by atoms with Crippen LogP contribution in [0, 0.1) is 11.3 Å². The largest absolute Gasteiger partial charge is 0.374 e. The van der Waals surface area contributed by atoms with Gasteiger partial charge in [0.2, 0.25) is 21.8 Å². The molecular formula is C26H46N4O5S. The van der Waals surface area contributed by atoms with Crippen molar-refractivity contribution in [1.29, 1.82) is 0 Å². The van der Waals surface area contributed by atoms with E-state index < -0.39 is 21.2 Å². The Morgan fingerprint density at radius 3 is 2.19 bits per heavy atom. The number of carbonyl (C=O) groups excluding carboxylic acids is 2. The Bertz CT molecular complexity index is 935. The standard InChI is InChI=1S/C26H46N4O5S/c1-21(2)13-16-30(36(7,34)35)26(33,17-22-11-9-8-10-12-22)14-15-27-23(31)18-25(3,4)20-28-24(32)19-29(5)6/h8-12,21,33H,13-20H2,1-7H3,(H,27,31)(H,28,32). The van der Waals surface area contributed by atoms with Crippen molar-refractivity contribution in [2.75, 3.05) is 46.5 Å². The predicted molar refractivity (Wildman–Crippen MR) is 144 cm³/mol. The highest BCUT2D eigenvalue weighted by Gasteiger charge is 2.40. The van der Waals surface area contributed by atoms with Gasteiger partial charge in [0, 0.05) is 38.9 Å². The Morgan fingerprint density at radius 1 is 1.06 bits per heavy atom. The van der Waals surface area contributed by atoms with Gasteiger partial charge in [-0.2, -0.15) is 4.31 Å². The molecule has 0 saturated heterocycles. The molecule has 0 spiro atoms. The molecular weight excluding hydrogens is 480 g/mol. The van der Waals surface area contributed by atoms with Gasteiger partial charge in [0.15, 0.2) is 0 Å². The maximum Gasteiger partial charge on any atom is 0.234 e. The summed E-state index contributed by atoms with van der Waals surface area (Å²) in [6.07, 6.45) is 2.03. The van der Waals surface area contributed by atoms with E-state index >= 15 is 0 Å². The third-order valence-electron chi connectivity index (χ3n) is 5.81. The van der Waals surface area contributed by atoms with Crippen LogP contribution in [0.1, 0.15) is 52.5 Å². The minimum Gasteiger partial charge on any atom is -0.374 e. The summed E-state index contributed by atoms with van der Waals surface area (Å²) in [5.74, 6) is -0.0749. The lowest BCUT2D eigenvalue weighted by Crippen LogP contribution is -2.55. The fraction of sp³-hybridized carbons (Fsp3) is 0.692.